The van der Waals surface area contributed by atoms with E-state index in [1.165, 1.54) is 10.7 Å². The lowest BCUT2D eigenvalue weighted by Gasteiger charge is -2.01. The third-order valence-electron chi connectivity index (χ3n) is 1.89. The van der Waals surface area contributed by atoms with Gasteiger partial charge in [0.15, 0.2) is 5.82 Å². The van der Waals surface area contributed by atoms with Gasteiger partial charge in [-0.3, -0.25) is 4.79 Å². The fourth-order valence-corrected chi connectivity index (χ4v) is 1.44. The zero-order valence-corrected chi connectivity index (χ0v) is 9.14. The van der Waals surface area contributed by atoms with Gasteiger partial charge in [0.2, 0.25) is 5.28 Å². The monoisotopic (exact) mass is 237 g/mol. The minimum absolute atomic E-state index is 0.131. The lowest BCUT2D eigenvalue weighted by molar-refractivity contribution is 0.0995. The largest absolute Gasteiger partial charge is 0.364 e. The van der Waals surface area contributed by atoms with Gasteiger partial charge in [-0.05, 0) is 24.6 Å². The van der Waals surface area contributed by atoms with E-state index in [-0.39, 0.29) is 11.0 Å². The molecule has 0 unspecified atom stereocenters. The van der Waals surface area contributed by atoms with Gasteiger partial charge in [0.05, 0.1) is 0 Å². The van der Waals surface area contributed by atoms with Gasteiger partial charge >= 0.3 is 0 Å². The molecule has 0 spiro atoms. The van der Waals surface area contributed by atoms with Crippen LogP contribution in [0.3, 0.4) is 0 Å². The third-order valence-corrected chi connectivity index (χ3v) is 2.06. The lowest BCUT2D eigenvalue weighted by atomic mass is 10.4. The molecule has 0 radical (unpaired) electrons. The van der Waals surface area contributed by atoms with Crippen molar-refractivity contribution in [1.82, 2.24) is 19.7 Å². The van der Waals surface area contributed by atoms with Gasteiger partial charge in [-0.25, -0.2) is 9.67 Å². The Balaban J connectivity index is 2.46. The number of amides is 1. The summed E-state index contributed by atoms with van der Waals surface area (Å²) < 4.78 is 1.42. The van der Waals surface area contributed by atoms with E-state index < -0.39 is 5.91 Å². The van der Waals surface area contributed by atoms with Crippen molar-refractivity contribution in [2.24, 2.45) is 5.73 Å². The highest BCUT2D eigenvalue weighted by atomic mass is 35.5. The minimum atomic E-state index is -0.587. The highest BCUT2D eigenvalue weighted by molar-refractivity contribution is 6.28. The summed E-state index contributed by atoms with van der Waals surface area (Å²) in [5.41, 5.74) is 5.98. The smallest absolute Gasteiger partial charge is 0.269 e. The molecule has 2 rings (SSSR count). The summed E-state index contributed by atoms with van der Waals surface area (Å²) in [7, 11) is 0. The predicted molar refractivity (Wildman–Crippen MR) is 57.4 cm³/mol. The second-order valence-corrected chi connectivity index (χ2v) is 3.48. The topological polar surface area (TPSA) is 86.7 Å². The van der Waals surface area contributed by atoms with Crippen molar-refractivity contribution in [1.29, 1.82) is 0 Å². The lowest BCUT2D eigenvalue weighted by Crippen LogP contribution is -2.12. The average Bonchev–Trinajstić information content (AvgIpc) is 2.64. The van der Waals surface area contributed by atoms with Gasteiger partial charge in [0.25, 0.3) is 5.91 Å². The molecule has 82 valence electrons. The number of rotatable bonds is 2. The number of primary amides is 1. The third kappa shape index (κ3) is 2.01. The highest BCUT2D eigenvalue weighted by Gasteiger charge is 2.08. The van der Waals surface area contributed by atoms with Crippen LogP contribution in [0.2, 0.25) is 5.28 Å². The van der Waals surface area contributed by atoms with E-state index in [0.717, 1.165) is 0 Å². The van der Waals surface area contributed by atoms with Gasteiger partial charge < -0.3 is 5.73 Å². The van der Waals surface area contributed by atoms with Crippen LogP contribution in [0.1, 0.15) is 16.2 Å². The summed E-state index contributed by atoms with van der Waals surface area (Å²) in [6.45, 7) is 1.79. The molecule has 16 heavy (non-hydrogen) atoms. The Morgan fingerprint density at radius 1 is 1.50 bits per heavy atom. The van der Waals surface area contributed by atoms with Gasteiger partial charge in [-0.2, -0.15) is 10.1 Å². The Morgan fingerprint density at radius 3 is 2.81 bits per heavy atom. The molecule has 6 nitrogen and oxygen atoms in total. The number of hydrogen-bond acceptors (Lipinski definition) is 4. The summed E-state index contributed by atoms with van der Waals surface area (Å²) in [4.78, 5) is 18.8. The summed E-state index contributed by atoms with van der Waals surface area (Å²) in [5, 5.41) is 4.09. The number of aromatic nitrogens is 4. The minimum Gasteiger partial charge on any atom is -0.364 e. The molecule has 1 amide bonds. The maximum absolute atomic E-state index is 10.9. The second kappa shape index (κ2) is 3.90. The van der Waals surface area contributed by atoms with E-state index in [1.54, 1.807) is 19.2 Å². The molecule has 2 N–H and O–H groups in total. The highest BCUT2D eigenvalue weighted by Crippen LogP contribution is 2.09. The van der Waals surface area contributed by atoms with E-state index in [9.17, 15) is 4.79 Å². The van der Waals surface area contributed by atoms with E-state index in [0.29, 0.717) is 11.5 Å². The number of carbonyl (C=O) groups excluding carboxylic acids is 1. The van der Waals surface area contributed by atoms with Crippen LogP contribution in [0.25, 0.3) is 5.82 Å². The summed E-state index contributed by atoms with van der Waals surface area (Å²) in [5.74, 6) is -0.0966. The van der Waals surface area contributed by atoms with Crippen LogP contribution in [0, 0.1) is 6.92 Å². The van der Waals surface area contributed by atoms with Crippen LogP contribution in [0.4, 0.5) is 0 Å². The number of hydrogen-bond donors (Lipinski definition) is 1. The molecular formula is C9H8ClN5O. The van der Waals surface area contributed by atoms with Crippen molar-refractivity contribution in [3.63, 3.8) is 0 Å². The van der Waals surface area contributed by atoms with Crippen LogP contribution in [-0.2, 0) is 0 Å². The first-order valence-electron chi connectivity index (χ1n) is 4.43. The predicted octanol–water partition coefficient (Wildman–Crippen LogP) is 0.723. The fourth-order valence-electron chi connectivity index (χ4n) is 1.22. The standard InChI is InChI=1S/C9H8ClN5O/c1-5-4-7(13-9(10)12-5)15-3-2-6(14-15)8(11)16/h2-4H,1H3,(H2,11,16). The molecule has 0 fully saturated rings. The molecule has 0 aliphatic rings. The van der Waals surface area contributed by atoms with Crippen LogP contribution >= 0.6 is 11.6 Å². The van der Waals surface area contributed by atoms with Gasteiger partial charge in [0.1, 0.15) is 5.69 Å². The van der Waals surface area contributed by atoms with Gasteiger partial charge in [-0.1, -0.05) is 0 Å². The SMILES string of the molecule is Cc1cc(-n2ccc(C(N)=O)n2)nc(Cl)n1. The molecule has 0 saturated carbocycles. The van der Waals surface area contributed by atoms with E-state index >= 15 is 0 Å². The normalized spacial score (nSPS) is 10.4. The molecule has 2 aromatic rings. The number of aryl methyl sites for hydroxylation is 1. The first-order valence-corrected chi connectivity index (χ1v) is 4.81. The van der Waals surface area contributed by atoms with Crippen LogP contribution in [0.5, 0.6) is 0 Å². The van der Waals surface area contributed by atoms with Gasteiger partial charge in [-0.15, -0.1) is 0 Å². The first kappa shape index (κ1) is 10.6. The quantitative estimate of drug-likeness (QED) is 0.780. The first-order chi connectivity index (χ1) is 7.56. The number of nitrogens with zero attached hydrogens (tertiary/aromatic N) is 4. The summed E-state index contributed by atoms with van der Waals surface area (Å²) in [6, 6.07) is 3.21. The van der Waals surface area contributed by atoms with E-state index in [1.807, 2.05) is 0 Å². The summed E-state index contributed by atoms with van der Waals surface area (Å²) >= 11 is 5.71. The van der Waals surface area contributed by atoms with Gasteiger partial charge in [0, 0.05) is 18.0 Å². The number of nitrogens with two attached hydrogens (primary N) is 1. The van der Waals surface area contributed by atoms with Crippen molar-refractivity contribution in [3.05, 3.63) is 35.0 Å². The summed E-state index contributed by atoms with van der Waals surface area (Å²) in [6.07, 6.45) is 1.58. The van der Waals surface area contributed by atoms with E-state index in [4.69, 9.17) is 17.3 Å². The molecule has 0 saturated heterocycles. The van der Waals surface area contributed by atoms with Crippen molar-refractivity contribution in [3.8, 4) is 5.82 Å². The Hall–Kier alpha value is -1.95. The van der Waals surface area contributed by atoms with Crippen molar-refractivity contribution >= 4 is 17.5 Å². The molecular weight excluding hydrogens is 230 g/mol. The molecule has 0 aromatic carbocycles. The van der Waals surface area contributed by atoms with Crippen LogP contribution in [0.15, 0.2) is 18.3 Å². The van der Waals surface area contributed by atoms with Crippen molar-refractivity contribution in [2.75, 3.05) is 0 Å². The molecule has 0 atom stereocenters. The average molecular weight is 238 g/mol. The number of halogens is 1. The van der Waals surface area contributed by atoms with Crippen molar-refractivity contribution < 1.29 is 4.79 Å². The Bertz CT molecular complexity index is 530. The molecule has 7 heteroatoms. The number of carbonyl (C=O) groups is 1. The Morgan fingerprint density at radius 2 is 2.25 bits per heavy atom. The fraction of sp³-hybridized carbons (Fsp3) is 0.111. The Labute approximate surface area is 96.1 Å². The molecule has 2 heterocycles. The molecule has 2 aromatic heterocycles. The second-order valence-electron chi connectivity index (χ2n) is 3.15. The molecule has 0 aliphatic heterocycles. The van der Waals surface area contributed by atoms with Crippen molar-refractivity contribution in [2.45, 2.75) is 6.92 Å². The maximum atomic E-state index is 10.9. The van der Waals surface area contributed by atoms with E-state index in [2.05, 4.69) is 15.1 Å². The molecule has 0 bridgehead atoms. The Kier molecular flexibility index (Phi) is 2.57. The maximum Gasteiger partial charge on any atom is 0.269 e. The van der Waals surface area contributed by atoms with Crippen LogP contribution < -0.4 is 5.73 Å². The zero-order chi connectivity index (χ0) is 11.7. The molecule has 0 aliphatic carbocycles. The van der Waals surface area contributed by atoms with Crippen LogP contribution in [-0.4, -0.2) is 25.7 Å². The zero-order valence-electron chi connectivity index (χ0n) is 8.38.